The van der Waals surface area contributed by atoms with Crippen LogP contribution in [0.4, 0.5) is 0 Å². The van der Waals surface area contributed by atoms with Crippen LogP contribution in [-0.2, 0) is 0 Å². The van der Waals surface area contributed by atoms with Crippen LogP contribution in [0.1, 0.15) is 45.4 Å². The van der Waals surface area contributed by atoms with E-state index in [1.165, 1.54) is 38.5 Å². The van der Waals surface area contributed by atoms with Gasteiger partial charge in [0.1, 0.15) is 0 Å². The quantitative estimate of drug-likeness (QED) is 0.536. The van der Waals surface area contributed by atoms with Gasteiger partial charge >= 0.3 is 0 Å². The monoisotopic (exact) mass is 167 g/mol. The second-order valence-electron chi connectivity index (χ2n) is 4.83. The molecule has 2 atom stereocenters. The molecule has 2 heterocycles. The van der Waals surface area contributed by atoms with Crippen LogP contribution in [0.25, 0.3) is 0 Å². The molecule has 1 heteroatoms. The SMILES string of the molecule is CC1CC2CCCCC(C1)N2C. The van der Waals surface area contributed by atoms with E-state index in [0.29, 0.717) is 0 Å². The Kier molecular flexibility index (Phi) is 2.40. The summed E-state index contributed by atoms with van der Waals surface area (Å²) < 4.78 is 0. The van der Waals surface area contributed by atoms with Crippen LogP contribution in [0.15, 0.2) is 0 Å². The summed E-state index contributed by atoms with van der Waals surface area (Å²) in [7, 11) is 2.34. The van der Waals surface area contributed by atoms with Crippen LogP contribution in [0, 0.1) is 5.92 Å². The highest BCUT2D eigenvalue weighted by molar-refractivity contribution is 4.87. The van der Waals surface area contributed by atoms with Gasteiger partial charge in [-0.3, -0.25) is 0 Å². The Bertz CT molecular complexity index is 139. The molecule has 2 saturated heterocycles. The average Bonchev–Trinajstić information content (AvgIpc) is 2.19. The van der Waals surface area contributed by atoms with E-state index in [2.05, 4.69) is 18.9 Å². The molecule has 0 radical (unpaired) electrons. The van der Waals surface area contributed by atoms with Crippen molar-refractivity contribution in [2.24, 2.45) is 5.92 Å². The molecule has 0 aromatic rings. The molecule has 0 spiro atoms. The molecule has 0 saturated carbocycles. The molecule has 1 nitrogen and oxygen atoms in total. The highest BCUT2D eigenvalue weighted by Crippen LogP contribution is 2.34. The summed E-state index contributed by atoms with van der Waals surface area (Å²) in [6.07, 6.45) is 8.76. The van der Waals surface area contributed by atoms with Crippen molar-refractivity contribution in [3.63, 3.8) is 0 Å². The first-order valence-electron chi connectivity index (χ1n) is 5.49. The zero-order valence-electron chi connectivity index (χ0n) is 8.42. The third-order valence-corrected chi connectivity index (χ3v) is 3.83. The van der Waals surface area contributed by atoms with E-state index in [0.717, 1.165) is 18.0 Å². The molecule has 0 amide bonds. The van der Waals surface area contributed by atoms with Crippen LogP contribution in [0.2, 0.25) is 0 Å². The van der Waals surface area contributed by atoms with E-state index in [1.807, 2.05) is 0 Å². The standard InChI is InChI=1S/C11H21N/c1-9-7-10-5-3-4-6-11(8-9)12(10)2/h9-11H,3-8H2,1-2H3. The molecule has 0 aromatic heterocycles. The normalized spacial score (nSPS) is 44.0. The Hall–Kier alpha value is -0.0400. The molecule has 2 aliphatic rings. The predicted molar refractivity (Wildman–Crippen MR) is 52.2 cm³/mol. The van der Waals surface area contributed by atoms with Crippen LogP contribution in [0.3, 0.4) is 0 Å². The first kappa shape index (κ1) is 8.55. The lowest BCUT2D eigenvalue weighted by Gasteiger charge is -2.40. The molecule has 2 rings (SSSR count). The minimum Gasteiger partial charge on any atom is -0.300 e. The van der Waals surface area contributed by atoms with Crippen molar-refractivity contribution >= 4 is 0 Å². The van der Waals surface area contributed by atoms with Gasteiger partial charge < -0.3 is 4.90 Å². The van der Waals surface area contributed by atoms with Crippen molar-refractivity contribution in [1.82, 2.24) is 4.90 Å². The van der Waals surface area contributed by atoms with E-state index >= 15 is 0 Å². The van der Waals surface area contributed by atoms with Gasteiger partial charge in [-0.05, 0) is 38.6 Å². The second kappa shape index (κ2) is 3.37. The minimum absolute atomic E-state index is 0.918. The average molecular weight is 167 g/mol. The largest absolute Gasteiger partial charge is 0.300 e. The Morgan fingerprint density at radius 1 is 1.00 bits per heavy atom. The third kappa shape index (κ3) is 1.52. The number of rotatable bonds is 0. The highest BCUT2D eigenvalue weighted by Gasteiger charge is 2.32. The van der Waals surface area contributed by atoms with Gasteiger partial charge in [0, 0.05) is 12.1 Å². The van der Waals surface area contributed by atoms with Gasteiger partial charge in [0.05, 0.1) is 0 Å². The molecule has 2 unspecified atom stereocenters. The smallest absolute Gasteiger partial charge is 0.00976 e. The van der Waals surface area contributed by atoms with E-state index in [9.17, 15) is 0 Å². The highest BCUT2D eigenvalue weighted by atomic mass is 15.2. The lowest BCUT2D eigenvalue weighted by atomic mass is 9.87. The molecule has 2 aliphatic heterocycles. The van der Waals surface area contributed by atoms with Gasteiger partial charge in [-0.15, -0.1) is 0 Å². The third-order valence-electron chi connectivity index (χ3n) is 3.83. The molecular weight excluding hydrogens is 146 g/mol. The molecular formula is C11H21N. The number of nitrogens with zero attached hydrogens (tertiary/aromatic N) is 1. The number of hydrogen-bond donors (Lipinski definition) is 0. The van der Waals surface area contributed by atoms with Crippen molar-refractivity contribution in [2.75, 3.05) is 7.05 Å². The lowest BCUT2D eigenvalue weighted by molar-refractivity contribution is 0.0872. The summed E-state index contributed by atoms with van der Waals surface area (Å²) in [5, 5.41) is 0. The van der Waals surface area contributed by atoms with Crippen molar-refractivity contribution in [2.45, 2.75) is 57.5 Å². The molecule has 2 fully saturated rings. The maximum Gasteiger partial charge on any atom is 0.00976 e. The van der Waals surface area contributed by atoms with E-state index in [1.54, 1.807) is 0 Å². The summed E-state index contributed by atoms with van der Waals surface area (Å²) in [4.78, 5) is 2.66. The maximum atomic E-state index is 2.66. The van der Waals surface area contributed by atoms with Gasteiger partial charge in [-0.1, -0.05) is 19.8 Å². The van der Waals surface area contributed by atoms with Gasteiger partial charge in [0.25, 0.3) is 0 Å². The van der Waals surface area contributed by atoms with Crippen LogP contribution in [-0.4, -0.2) is 24.0 Å². The fourth-order valence-corrected chi connectivity index (χ4v) is 3.06. The van der Waals surface area contributed by atoms with Gasteiger partial charge in [-0.25, -0.2) is 0 Å². The summed E-state index contributed by atoms with van der Waals surface area (Å²) in [6.45, 7) is 2.43. The fourth-order valence-electron chi connectivity index (χ4n) is 3.06. The Morgan fingerprint density at radius 3 is 2.00 bits per heavy atom. The molecule has 0 aliphatic carbocycles. The van der Waals surface area contributed by atoms with Gasteiger partial charge in [0.15, 0.2) is 0 Å². The lowest BCUT2D eigenvalue weighted by Crippen LogP contribution is -2.44. The first-order chi connectivity index (χ1) is 5.77. The molecule has 12 heavy (non-hydrogen) atoms. The number of fused-ring (bicyclic) bond motifs is 2. The summed E-state index contributed by atoms with van der Waals surface area (Å²) in [6, 6.07) is 1.84. The maximum absolute atomic E-state index is 2.66. The topological polar surface area (TPSA) is 3.24 Å². The molecule has 2 bridgehead atoms. The summed E-state index contributed by atoms with van der Waals surface area (Å²) >= 11 is 0. The van der Waals surface area contributed by atoms with Crippen molar-refractivity contribution in [3.05, 3.63) is 0 Å². The number of piperidine rings is 1. The Morgan fingerprint density at radius 2 is 1.50 bits per heavy atom. The van der Waals surface area contributed by atoms with Gasteiger partial charge in [-0.2, -0.15) is 0 Å². The van der Waals surface area contributed by atoms with Crippen LogP contribution in [0.5, 0.6) is 0 Å². The van der Waals surface area contributed by atoms with E-state index in [4.69, 9.17) is 0 Å². The first-order valence-corrected chi connectivity index (χ1v) is 5.49. The summed E-state index contributed by atoms with van der Waals surface area (Å²) in [5.74, 6) is 0.981. The zero-order chi connectivity index (χ0) is 8.55. The van der Waals surface area contributed by atoms with Gasteiger partial charge in [0.2, 0.25) is 0 Å². The van der Waals surface area contributed by atoms with Crippen molar-refractivity contribution in [1.29, 1.82) is 0 Å². The number of hydrogen-bond acceptors (Lipinski definition) is 1. The minimum atomic E-state index is 0.918. The molecule has 70 valence electrons. The van der Waals surface area contributed by atoms with Crippen LogP contribution < -0.4 is 0 Å². The van der Waals surface area contributed by atoms with Crippen molar-refractivity contribution < 1.29 is 0 Å². The molecule has 0 aromatic carbocycles. The zero-order valence-corrected chi connectivity index (χ0v) is 8.42. The van der Waals surface area contributed by atoms with E-state index < -0.39 is 0 Å². The molecule has 0 N–H and O–H groups in total. The van der Waals surface area contributed by atoms with Crippen LogP contribution >= 0.6 is 0 Å². The van der Waals surface area contributed by atoms with Crippen molar-refractivity contribution in [3.8, 4) is 0 Å². The van der Waals surface area contributed by atoms with E-state index in [-0.39, 0.29) is 0 Å². The second-order valence-corrected chi connectivity index (χ2v) is 4.83. The summed E-state index contributed by atoms with van der Waals surface area (Å²) in [5.41, 5.74) is 0. The Labute approximate surface area is 76.1 Å². The fraction of sp³-hybridized carbons (Fsp3) is 1.00. The Balaban J connectivity index is 2.08. The predicted octanol–water partition coefficient (Wildman–Crippen LogP) is 2.66.